The first-order chi connectivity index (χ1) is 8.49. The van der Waals surface area contributed by atoms with Crippen molar-refractivity contribution in [3.63, 3.8) is 0 Å². The molecule has 4 N–H and O–H groups in total. The summed E-state index contributed by atoms with van der Waals surface area (Å²) < 4.78 is 0. The van der Waals surface area contributed by atoms with Gasteiger partial charge in [-0.1, -0.05) is 6.92 Å². The van der Waals surface area contributed by atoms with Crippen molar-refractivity contribution in [3.05, 3.63) is 11.4 Å². The Bertz CT molecular complexity index is 433. The van der Waals surface area contributed by atoms with Gasteiger partial charge in [-0.3, -0.25) is 4.79 Å². The van der Waals surface area contributed by atoms with Crippen LogP contribution in [0.15, 0.2) is 0 Å². The van der Waals surface area contributed by atoms with Gasteiger partial charge in [-0.15, -0.1) is 0 Å². The van der Waals surface area contributed by atoms with Crippen LogP contribution >= 0.6 is 0 Å². The number of likely N-dealkylation sites (N-methyl/N-ethyl adjacent to an activating group) is 1. The molecule has 1 aromatic heterocycles. The van der Waals surface area contributed by atoms with Gasteiger partial charge < -0.3 is 16.4 Å². The largest absolute Gasteiger partial charge is 0.383 e. The van der Waals surface area contributed by atoms with Crippen molar-refractivity contribution in [2.75, 3.05) is 17.6 Å². The number of nitrogens with one attached hydrogen (secondary N) is 2. The van der Waals surface area contributed by atoms with Crippen LogP contribution in [0.1, 0.15) is 32.2 Å². The lowest BCUT2D eigenvalue weighted by molar-refractivity contribution is -0.121. The first kappa shape index (κ1) is 14.2. The van der Waals surface area contributed by atoms with E-state index in [0.717, 1.165) is 5.56 Å². The Labute approximate surface area is 107 Å². The van der Waals surface area contributed by atoms with Gasteiger partial charge in [0.15, 0.2) is 0 Å². The molecule has 100 valence electrons. The van der Waals surface area contributed by atoms with E-state index in [0.29, 0.717) is 30.4 Å². The van der Waals surface area contributed by atoms with Gasteiger partial charge in [0.1, 0.15) is 23.5 Å². The zero-order valence-electron chi connectivity index (χ0n) is 11.4. The highest BCUT2D eigenvalue weighted by atomic mass is 16.2. The molecule has 0 aliphatic carbocycles. The van der Waals surface area contributed by atoms with Crippen LogP contribution in [0.2, 0.25) is 0 Å². The molecule has 18 heavy (non-hydrogen) atoms. The molecule has 1 atom stereocenters. The monoisotopic (exact) mass is 251 g/mol. The van der Waals surface area contributed by atoms with Gasteiger partial charge in [-0.2, -0.15) is 0 Å². The summed E-state index contributed by atoms with van der Waals surface area (Å²) >= 11 is 0. The van der Waals surface area contributed by atoms with Crippen LogP contribution in [0.25, 0.3) is 0 Å². The first-order valence-electron chi connectivity index (χ1n) is 6.16. The van der Waals surface area contributed by atoms with Gasteiger partial charge in [0, 0.05) is 18.5 Å². The highest BCUT2D eigenvalue weighted by molar-refractivity contribution is 5.84. The fourth-order valence-electron chi connectivity index (χ4n) is 1.48. The van der Waals surface area contributed by atoms with Gasteiger partial charge in [-0.25, -0.2) is 9.97 Å². The predicted molar refractivity (Wildman–Crippen MR) is 72.3 cm³/mol. The maximum Gasteiger partial charge on any atom is 0.242 e. The lowest BCUT2D eigenvalue weighted by Gasteiger charge is -2.16. The van der Waals surface area contributed by atoms with Gasteiger partial charge in [0.2, 0.25) is 5.91 Å². The molecule has 1 unspecified atom stereocenters. The topological polar surface area (TPSA) is 92.9 Å². The van der Waals surface area contributed by atoms with E-state index in [1.807, 2.05) is 20.8 Å². The van der Waals surface area contributed by atoms with E-state index in [4.69, 9.17) is 5.73 Å². The maximum atomic E-state index is 11.6. The molecular formula is C12H21N5O. The minimum absolute atomic E-state index is 0.0628. The Morgan fingerprint density at radius 3 is 2.61 bits per heavy atom. The first-order valence-corrected chi connectivity index (χ1v) is 6.16. The minimum atomic E-state index is -0.359. The van der Waals surface area contributed by atoms with Crippen LogP contribution in [0.3, 0.4) is 0 Å². The van der Waals surface area contributed by atoms with Crippen molar-refractivity contribution < 1.29 is 4.79 Å². The smallest absolute Gasteiger partial charge is 0.242 e. The Balaban J connectivity index is 2.89. The lowest BCUT2D eigenvalue weighted by atomic mass is 10.2. The fourth-order valence-corrected chi connectivity index (χ4v) is 1.48. The Kier molecular flexibility index (Phi) is 4.88. The van der Waals surface area contributed by atoms with Gasteiger partial charge in [-0.05, 0) is 20.8 Å². The molecule has 6 heteroatoms. The number of nitrogens with two attached hydrogens (primary N) is 1. The van der Waals surface area contributed by atoms with E-state index in [-0.39, 0.29) is 11.9 Å². The number of nitrogens with zero attached hydrogens (tertiary/aromatic N) is 2. The van der Waals surface area contributed by atoms with Crippen LogP contribution in [-0.4, -0.2) is 28.5 Å². The third-order valence-corrected chi connectivity index (χ3v) is 2.64. The SMILES string of the molecule is CCNC(=O)C(C)Nc1nc(CC)nc(N)c1C. The highest BCUT2D eigenvalue weighted by Gasteiger charge is 2.15. The number of amides is 1. The molecule has 0 bridgehead atoms. The van der Waals surface area contributed by atoms with Crippen LogP contribution in [0.4, 0.5) is 11.6 Å². The van der Waals surface area contributed by atoms with Gasteiger partial charge in [0.05, 0.1) is 0 Å². The number of hydrogen-bond acceptors (Lipinski definition) is 5. The van der Waals surface area contributed by atoms with E-state index < -0.39 is 0 Å². The number of hydrogen-bond donors (Lipinski definition) is 3. The lowest BCUT2D eigenvalue weighted by Crippen LogP contribution is -2.37. The molecule has 0 aromatic carbocycles. The summed E-state index contributed by atoms with van der Waals surface area (Å²) in [4.78, 5) is 20.2. The molecule has 1 aromatic rings. The van der Waals surface area contributed by atoms with E-state index in [1.54, 1.807) is 6.92 Å². The molecule has 0 radical (unpaired) electrons. The average Bonchev–Trinajstić information content (AvgIpc) is 2.34. The molecule has 1 amide bonds. The summed E-state index contributed by atoms with van der Waals surface area (Å²) in [6.07, 6.45) is 0.703. The van der Waals surface area contributed by atoms with Crippen molar-refractivity contribution in [2.45, 2.75) is 40.2 Å². The van der Waals surface area contributed by atoms with Crippen molar-refractivity contribution in [3.8, 4) is 0 Å². The van der Waals surface area contributed by atoms with Crippen molar-refractivity contribution in [2.24, 2.45) is 0 Å². The summed E-state index contributed by atoms with van der Waals surface area (Å²) in [5.41, 5.74) is 6.58. The molecule has 0 saturated carbocycles. The molecule has 0 aliphatic heterocycles. The Morgan fingerprint density at radius 1 is 1.39 bits per heavy atom. The molecule has 0 aliphatic rings. The zero-order valence-corrected chi connectivity index (χ0v) is 11.4. The van der Waals surface area contributed by atoms with Crippen LogP contribution in [0, 0.1) is 6.92 Å². The molecule has 6 nitrogen and oxygen atoms in total. The summed E-state index contributed by atoms with van der Waals surface area (Å²) in [6, 6.07) is -0.359. The maximum absolute atomic E-state index is 11.6. The summed E-state index contributed by atoms with van der Waals surface area (Å²) in [6.45, 7) is 8.07. The number of aromatic nitrogens is 2. The summed E-state index contributed by atoms with van der Waals surface area (Å²) in [7, 11) is 0. The fraction of sp³-hybridized carbons (Fsp3) is 0.583. The average molecular weight is 251 g/mol. The highest BCUT2D eigenvalue weighted by Crippen LogP contribution is 2.18. The number of rotatable bonds is 5. The van der Waals surface area contributed by atoms with Crippen molar-refractivity contribution in [1.82, 2.24) is 15.3 Å². The molecular weight excluding hydrogens is 230 g/mol. The quantitative estimate of drug-likeness (QED) is 0.722. The second-order valence-corrected chi connectivity index (χ2v) is 4.11. The van der Waals surface area contributed by atoms with E-state index in [2.05, 4.69) is 20.6 Å². The Morgan fingerprint density at radius 2 is 2.06 bits per heavy atom. The molecule has 1 rings (SSSR count). The number of carbonyl (C=O) groups excluding carboxylic acids is 1. The van der Waals surface area contributed by atoms with Crippen LogP contribution in [-0.2, 0) is 11.2 Å². The number of nitrogen functional groups attached to an aromatic ring is 1. The second-order valence-electron chi connectivity index (χ2n) is 4.11. The number of anilines is 2. The zero-order chi connectivity index (χ0) is 13.7. The molecule has 0 spiro atoms. The molecule has 0 fully saturated rings. The van der Waals surface area contributed by atoms with Crippen molar-refractivity contribution in [1.29, 1.82) is 0 Å². The van der Waals surface area contributed by atoms with Crippen LogP contribution in [0.5, 0.6) is 0 Å². The third-order valence-electron chi connectivity index (χ3n) is 2.64. The van der Waals surface area contributed by atoms with Crippen LogP contribution < -0.4 is 16.4 Å². The predicted octanol–water partition coefficient (Wildman–Crippen LogP) is 0.866. The second kappa shape index (κ2) is 6.18. The van der Waals surface area contributed by atoms with Gasteiger partial charge >= 0.3 is 0 Å². The van der Waals surface area contributed by atoms with E-state index in [9.17, 15) is 4.79 Å². The van der Waals surface area contributed by atoms with Crippen molar-refractivity contribution >= 4 is 17.5 Å². The standard InChI is InChI=1S/C12H21N5O/c1-5-9-16-10(13)7(3)11(17-9)15-8(4)12(18)14-6-2/h8H,5-6H2,1-4H3,(H,14,18)(H3,13,15,16,17). The molecule has 1 heterocycles. The van der Waals surface area contributed by atoms with E-state index >= 15 is 0 Å². The summed E-state index contributed by atoms with van der Waals surface area (Å²) in [5.74, 6) is 1.68. The minimum Gasteiger partial charge on any atom is -0.383 e. The Hall–Kier alpha value is -1.85. The normalized spacial score (nSPS) is 12.0. The molecule has 0 saturated heterocycles. The summed E-state index contributed by atoms with van der Waals surface area (Å²) in [5, 5.41) is 5.82. The van der Waals surface area contributed by atoms with E-state index in [1.165, 1.54) is 0 Å². The third kappa shape index (κ3) is 3.32. The number of carbonyl (C=O) groups is 1. The number of aryl methyl sites for hydroxylation is 1. The van der Waals surface area contributed by atoms with Gasteiger partial charge in [0.25, 0.3) is 0 Å².